The van der Waals surface area contributed by atoms with Gasteiger partial charge in [-0.2, -0.15) is 5.10 Å². The summed E-state index contributed by atoms with van der Waals surface area (Å²) in [5, 5.41) is 8.32. The third-order valence-corrected chi connectivity index (χ3v) is 3.65. The van der Waals surface area contributed by atoms with Gasteiger partial charge in [0.15, 0.2) is 0 Å². The van der Waals surface area contributed by atoms with Crippen LogP contribution in [0.25, 0.3) is 0 Å². The number of benzene rings is 1. The van der Waals surface area contributed by atoms with Gasteiger partial charge in [-0.25, -0.2) is 0 Å². The van der Waals surface area contributed by atoms with Gasteiger partial charge < -0.3 is 10.5 Å². The Kier molecular flexibility index (Phi) is 4.28. The summed E-state index contributed by atoms with van der Waals surface area (Å²) in [4.78, 5) is 0. The minimum Gasteiger partial charge on any atom is -0.437 e. The van der Waals surface area contributed by atoms with Gasteiger partial charge in [0.1, 0.15) is 5.75 Å². The SMILES string of the molecule is Cc1nnc(Oc2ccccc2C(C)(C)C)c(CN)c1C. The van der Waals surface area contributed by atoms with Gasteiger partial charge in [0.05, 0.1) is 5.69 Å². The Morgan fingerprint density at radius 1 is 1.10 bits per heavy atom. The van der Waals surface area contributed by atoms with Gasteiger partial charge in [0.25, 0.3) is 0 Å². The van der Waals surface area contributed by atoms with Crippen LogP contribution >= 0.6 is 0 Å². The molecule has 0 fully saturated rings. The summed E-state index contributed by atoms with van der Waals surface area (Å²) in [5.74, 6) is 1.30. The van der Waals surface area contributed by atoms with E-state index in [0.29, 0.717) is 12.4 Å². The number of aromatic nitrogens is 2. The highest BCUT2D eigenvalue weighted by Gasteiger charge is 2.20. The third-order valence-electron chi connectivity index (χ3n) is 3.65. The van der Waals surface area contributed by atoms with Crippen molar-refractivity contribution >= 4 is 0 Å². The van der Waals surface area contributed by atoms with Crippen molar-refractivity contribution in [2.24, 2.45) is 5.73 Å². The maximum atomic E-state index is 6.04. The van der Waals surface area contributed by atoms with Crippen molar-refractivity contribution in [2.45, 2.75) is 46.6 Å². The van der Waals surface area contributed by atoms with Crippen molar-refractivity contribution in [1.29, 1.82) is 0 Å². The molecule has 1 aromatic heterocycles. The molecule has 4 heteroatoms. The molecule has 0 aliphatic carbocycles. The molecular formula is C17H23N3O. The van der Waals surface area contributed by atoms with E-state index in [4.69, 9.17) is 10.5 Å². The van der Waals surface area contributed by atoms with E-state index < -0.39 is 0 Å². The van der Waals surface area contributed by atoms with Crippen molar-refractivity contribution in [1.82, 2.24) is 10.2 Å². The summed E-state index contributed by atoms with van der Waals surface area (Å²) in [6.07, 6.45) is 0. The number of ether oxygens (including phenoxy) is 1. The van der Waals surface area contributed by atoms with Crippen molar-refractivity contribution in [3.8, 4) is 11.6 Å². The number of para-hydroxylation sites is 1. The molecule has 0 aliphatic rings. The molecule has 2 aromatic rings. The molecule has 0 unspecified atom stereocenters. The third kappa shape index (κ3) is 3.22. The maximum Gasteiger partial charge on any atom is 0.243 e. The Balaban J connectivity index is 2.47. The number of rotatable bonds is 3. The summed E-state index contributed by atoms with van der Waals surface area (Å²) in [5.41, 5.74) is 9.80. The van der Waals surface area contributed by atoms with Crippen molar-refractivity contribution in [2.75, 3.05) is 0 Å². The van der Waals surface area contributed by atoms with Gasteiger partial charge in [0, 0.05) is 17.7 Å². The average Bonchev–Trinajstić information content (AvgIpc) is 2.43. The largest absolute Gasteiger partial charge is 0.437 e. The fraction of sp³-hybridized carbons (Fsp3) is 0.412. The average molecular weight is 285 g/mol. The van der Waals surface area contributed by atoms with Crippen molar-refractivity contribution in [3.63, 3.8) is 0 Å². The van der Waals surface area contributed by atoms with E-state index in [2.05, 4.69) is 37.0 Å². The van der Waals surface area contributed by atoms with Crippen LogP contribution in [0.1, 0.15) is 43.2 Å². The summed E-state index contributed by atoms with van der Waals surface area (Å²) >= 11 is 0. The van der Waals surface area contributed by atoms with E-state index in [9.17, 15) is 0 Å². The summed E-state index contributed by atoms with van der Waals surface area (Å²) in [6.45, 7) is 10.8. The second-order valence-corrected chi connectivity index (χ2v) is 6.25. The Morgan fingerprint density at radius 2 is 1.76 bits per heavy atom. The lowest BCUT2D eigenvalue weighted by Crippen LogP contribution is -2.13. The zero-order valence-electron chi connectivity index (χ0n) is 13.4. The number of hydrogen-bond donors (Lipinski definition) is 1. The highest BCUT2D eigenvalue weighted by atomic mass is 16.5. The topological polar surface area (TPSA) is 61.0 Å². The maximum absolute atomic E-state index is 6.04. The van der Waals surface area contributed by atoms with Crippen LogP contribution in [0.2, 0.25) is 0 Å². The molecule has 2 rings (SSSR count). The standard InChI is InChI=1S/C17H23N3O/c1-11-12(2)19-20-16(13(11)10-18)21-15-9-7-6-8-14(15)17(3,4)5/h6-9H,10,18H2,1-5H3. The lowest BCUT2D eigenvalue weighted by molar-refractivity contribution is 0.427. The number of hydrogen-bond acceptors (Lipinski definition) is 4. The van der Waals surface area contributed by atoms with Crippen LogP contribution in [0.5, 0.6) is 11.6 Å². The lowest BCUT2D eigenvalue weighted by Gasteiger charge is -2.22. The Labute approximate surface area is 126 Å². The highest BCUT2D eigenvalue weighted by molar-refractivity contribution is 5.43. The van der Waals surface area contributed by atoms with Crippen molar-refractivity contribution in [3.05, 3.63) is 46.6 Å². The van der Waals surface area contributed by atoms with Crippen LogP contribution in [-0.4, -0.2) is 10.2 Å². The Bertz CT molecular complexity index is 645. The molecule has 0 saturated heterocycles. The molecule has 2 N–H and O–H groups in total. The number of aryl methyl sites for hydroxylation is 1. The van der Waals surface area contributed by atoms with E-state index in [1.807, 2.05) is 32.0 Å². The first kappa shape index (κ1) is 15.4. The second kappa shape index (κ2) is 5.82. The van der Waals surface area contributed by atoms with Crippen LogP contribution in [0.4, 0.5) is 0 Å². The minimum absolute atomic E-state index is 0.00730. The smallest absolute Gasteiger partial charge is 0.243 e. The van der Waals surface area contributed by atoms with Gasteiger partial charge in [0.2, 0.25) is 5.88 Å². The highest BCUT2D eigenvalue weighted by Crippen LogP contribution is 2.34. The van der Waals surface area contributed by atoms with Gasteiger partial charge in [-0.15, -0.1) is 5.10 Å². The van der Waals surface area contributed by atoms with Crippen LogP contribution in [0.15, 0.2) is 24.3 Å². The monoisotopic (exact) mass is 285 g/mol. The predicted molar refractivity (Wildman–Crippen MR) is 84.6 cm³/mol. The zero-order valence-corrected chi connectivity index (χ0v) is 13.4. The molecule has 0 radical (unpaired) electrons. The van der Waals surface area contributed by atoms with Gasteiger partial charge in [-0.1, -0.05) is 39.0 Å². The van der Waals surface area contributed by atoms with Crippen LogP contribution in [0, 0.1) is 13.8 Å². The van der Waals surface area contributed by atoms with Gasteiger partial charge in [-0.05, 0) is 30.9 Å². The molecule has 0 spiro atoms. The molecule has 0 aliphatic heterocycles. The number of nitrogens with zero attached hydrogens (tertiary/aromatic N) is 2. The first-order valence-electron chi connectivity index (χ1n) is 7.14. The molecule has 0 saturated carbocycles. The molecule has 0 amide bonds. The molecule has 1 heterocycles. The first-order chi connectivity index (χ1) is 9.84. The van der Waals surface area contributed by atoms with Gasteiger partial charge >= 0.3 is 0 Å². The van der Waals surface area contributed by atoms with E-state index in [-0.39, 0.29) is 5.41 Å². The molecule has 4 nitrogen and oxygen atoms in total. The fourth-order valence-electron chi connectivity index (χ4n) is 2.24. The van der Waals surface area contributed by atoms with E-state index in [0.717, 1.165) is 28.1 Å². The van der Waals surface area contributed by atoms with Gasteiger partial charge in [-0.3, -0.25) is 0 Å². The van der Waals surface area contributed by atoms with Crippen LogP contribution in [-0.2, 0) is 12.0 Å². The van der Waals surface area contributed by atoms with Crippen LogP contribution in [0.3, 0.4) is 0 Å². The van der Waals surface area contributed by atoms with E-state index >= 15 is 0 Å². The Morgan fingerprint density at radius 3 is 2.38 bits per heavy atom. The second-order valence-electron chi connectivity index (χ2n) is 6.25. The quantitative estimate of drug-likeness (QED) is 0.935. The van der Waals surface area contributed by atoms with Crippen LogP contribution < -0.4 is 10.5 Å². The number of nitrogens with two attached hydrogens (primary N) is 1. The molecule has 0 atom stereocenters. The predicted octanol–water partition coefficient (Wildman–Crippen LogP) is 3.64. The molecule has 21 heavy (non-hydrogen) atoms. The summed E-state index contributed by atoms with van der Waals surface area (Å²) in [7, 11) is 0. The molecule has 1 aromatic carbocycles. The fourth-order valence-corrected chi connectivity index (χ4v) is 2.24. The minimum atomic E-state index is -0.00730. The lowest BCUT2D eigenvalue weighted by atomic mass is 9.86. The Hall–Kier alpha value is -1.94. The van der Waals surface area contributed by atoms with E-state index in [1.54, 1.807) is 0 Å². The zero-order chi connectivity index (χ0) is 15.6. The summed E-state index contributed by atoms with van der Waals surface area (Å²) in [6, 6.07) is 8.01. The molecular weight excluding hydrogens is 262 g/mol. The van der Waals surface area contributed by atoms with Crippen molar-refractivity contribution < 1.29 is 4.74 Å². The molecule has 0 bridgehead atoms. The van der Waals surface area contributed by atoms with E-state index in [1.165, 1.54) is 0 Å². The first-order valence-corrected chi connectivity index (χ1v) is 7.14. The summed E-state index contributed by atoms with van der Waals surface area (Å²) < 4.78 is 6.04. The molecule has 112 valence electrons. The normalized spacial score (nSPS) is 11.5.